The number of furan rings is 1. The summed E-state index contributed by atoms with van der Waals surface area (Å²) in [6, 6.07) is 14.3. The molecule has 1 heterocycles. The van der Waals surface area contributed by atoms with E-state index in [1.807, 2.05) is 25.1 Å². The van der Waals surface area contributed by atoms with E-state index in [9.17, 15) is 0 Å². The van der Waals surface area contributed by atoms with E-state index in [2.05, 4.69) is 24.3 Å². The molecule has 0 saturated heterocycles. The lowest BCUT2D eigenvalue weighted by molar-refractivity contribution is 0.434. The average Bonchev–Trinajstić information content (AvgIpc) is 2.74. The van der Waals surface area contributed by atoms with E-state index < -0.39 is 0 Å². The zero-order valence-corrected chi connectivity index (χ0v) is 9.52. The van der Waals surface area contributed by atoms with Crippen molar-refractivity contribution in [1.29, 1.82) is 0 Å². The molecular formula is C14H17NO. The fourth-order valence-electron chi connectivity index (χ4n) is 1.76. The molecule has 0 spiro atoms. The average molecular weight is 215 g/mol. The van der Waals surface area contributed by atoms with Gasteiger partial charge in [0.15, 0.2) is 0 Å². The van der Waals surface area contributed by atoms with E-state index in [4.69, 9.17) is 10.2 Å². The molecule has 0 aliphatic rings. The Morgan fingerprint density at radius 2 is 1.88 bits per heavy atom. The topological polar surface area (TPSA) is 39.2 Å². The van der Waals surface area contributed by atoms with Gasteiger partial charge in [0.2, 0.25) is 0 Å². The summed E-state index contributed by atoms with van der Waals surface area (Å²) in [6.45, 7) is 1.94. The van der Waals surface area contributed by atoms with Gasteiger partial charge in [0.25, 0.3) is 0 Å². The van der Waals surface area contributed by atoms with Gasteiger partial charge in [-0.1, -0.05) is 30.3 Å². The normalized spacial score (nSPS) is 12.6. The Morgan fingerprint density at radius 1 is 1.12 bits per heavy atom. The van der Waals surface area contributed by atoms with Crippen molar-refractivity contribution in [2.75, 3.05) is 0 Å². The van der Waals surface area contributed by atoms with Crippen LogP contribution in [-0.4, -0.2) is 0 Å². The van der Waals surface area contributed by atoms with Gasteiger partial charge >= 0.3 is 0 Å². The monoisotopic (exact) mass is 215 g/mol. The van der Waals surface area contributed by atoms with Crippen molar-refractivity contribution in [3.63, 3.8) is 0 Å². The van der Waals surface area contributed by atoms with E-state index in [1.165, 1.54) is 5.56 Å². The summed E-state index contributed by atoms with van der Waals surface area (Å²) >= 11 is 0. The van der Waals surface area contributed by atoms with Crippen molar-refractivity contribution in [2.45, 2.75) is 25.8 Å². The summed E-state index contributed by atoms with van der Waals surface area (Å²) in [5.74, 6) is 1.80. The molecule has 2 N–H and O–H groups in total. The molecule has 0 saturated carbocycles. The third-order valence-electron chi connectivity index (χ3n) is 2.71. The molecule has 0 radical (unpaired) electrons. The molecule has 84 valence electrons. The Morgan fingerprint density at radius 3 is 2.50 bits per heavy atom. The van der Waals surface area contributed by atoms with Crippen molar-refractivity contribution in [2.24, 2.45) is 5.73 Å². The number of nitrogens with two attached hydrogens (primary N) is 1. The molecule has 16 heavy (non-hydrogen) atoms. The van der Waals surface area contributed by atoms with Crippen LogP contribution in [0.25, 0.3) is 0 Å². The minimum Gasteiger partial charge on any atom is -0.465 e. The number of hydrogen-bond donors (Lipinski definition) is 1. The summed E-state index contributed by atoms with van der Waals surface area (Å²) in [5, 5.41) is 0. The lowest BCUT2D eigenvalue weighted by Crippen LogP contribution is -2.10. The van der Waals surface area contributed by atoms with Gasteiger partial charge < -0.3 is 10.2 Å². The van der Waals surface area contributed by atoms with Crippen LogP contribution in [0.4, 0.5) is 0 Å². The van der Waals surface area contributed by atoms with Gasteiger partial charge in [0.05, 0.1) is 6.04 Å². The van der Waals surface area contributed by atoms with E-state index in [-0.39, 0.29) is 6.04 Å². The second-order valence-corrected chi connectivity index (χ2v) is 4.08. The molecule has 2 rings (SSSR count). The minimum absolute atomic E-state index is 0.00564. The van der Waals surface area contributed by atoms with Gasteiger partial charge in [0.1, 0.15) is 11.5 Å². The van der Waals surface area contributed by atoms with Crippen molar-refractivity contribution < 1.29 is 4.42 Å². The Hall–Kier alpha value is -1.54. The van der Waals surface area contributed by atoms with Crippen LogP contribution in [0, 0.1) is 6.92 Å². The third kappa shape index (κ3) is 2.74. The molecule has 0 aliphatic carbocycles. The van der Waals surface area contributed by atoms with Crippen LogP contribution in [0.1, 0.15) is 29.5 Å². The Kier molecular flexibility index (Phi) is 3.42. The second-order valence-electron chi connectivity index (χ2n) is 4.08. The van der Waals surface area contributed by atoms with E-state index >= 15 is 0 Å². The molecule has 0 aliphatic heterocycles. The Labute approximate surface area is 96.1 Å². The highest BCUT2D eigenvalue weighted by molar-refractivity contribution is 5.16. The highest BCUT2D eigenvalue weighted by Gasteiger charge is 2.09. The molecule has 0 amide bonds. The van der Waals surface area contributed by atoms with Crippen LogP contribution in [0.3, 0.4) is 0 Å². The molecule has 2 aromatic rings. The number of aryl methyl sites for hydroxylation is 2. The van der Waals surface area contributed by atoms with Gasteiger partial charge in [0, 0.05) is 0 Å². The number of benzene rings is 1. The van der Waals surface area contributed by atoms with Gasteiger partial charge in [-0.2, -0.15) is 0 Å². The van der Waals surface area contributed by atoms with Crippen LogP contribution in [0.5, 0.6) is 0 Å². The fraction of sp³-hybridized carbons (Fsp3) is 0.286. The standard InChI is InChI=1S/C14H17NO/c1-11-7-10-14(16-11)13(15)9-8-12-5-3-2-4-6-12/h2-7,10,13H,8-9,15H2,1H3. The molecule has 1 aromatic heterocycles. The zero-order valence-electron chi connectivity index (χ0n) is 9.52. The summed E-state index contributed by atoms with van der Waals surface area (Å²) < 4.78 is 5.51. The number of rotatable bonds is 4. The SMILES string of the molecule is Cc1ccc(C(N)CCc2ccccc2)o1. The largest absolute Gasteiger partial charge is 0.465 e. The molecule has 1 atom stereocenters. The Balaban J connectivity index is 1.91. The Bertz CT molecular complexity index is 433. The van der Waals surface area contributed by atoms with Crippen molar-refractivity contribution in [1.82, 2.24) is 0 Å². The van der Waals surface area contributed by atoms with Gasteiger partial charge in [-0.25, -0.2) is 0 Å². The van der Waals surface area contributed by atoms with Crippen LogP contribution in [0.15, 0.2) is 46.9 Å². The van der Waals surface area contributed by atoms with Crippen molar-refractivity contribution in [3.8, 4) is 0 Å². The predicted molar refractivity (Wildman–Crippen MR) is 65.1 cm³/mol. The number of hydrogen-bond acceptors (Lipinski definition) is 2. The third-order valence-corrected chi connectivity index (χ3v) is 2.71. The molecule has 0 bridgehead atoms. The predicted octanol–water partition coefficient (Wildman–Crippen LogP) is 3.22. The first-order chi connectivity index (χ1) is 7.75. The van der Waals surface area contributed by atoms with E-state index in [0.717, 1.165) is 24.4 Å². The quantitative estimate of drug-likeness (QED) is 0.850. The maximum atomic E-state index is 6.06. The molecule has 1 unspecified atom stereocenters. The van der Waals surface area contributed by atoms with Crippen LogP contribution in [-0.2, 0) is 6.42 Å². The summed E-state index contributed by atoms with van der Waals surface area (Å²) in [6.07, 6.45) is 1.90. The van der Waals surface area contributed by atoms with Gasteiger partial charge in [-0.05, 0) is 37.5 Å². The molecule has 1 aromatic carbocycles. The molecule has 0 fully saturated rings. The lowest BCUT2D eigenvalue weighted by atomic mass is 10.0. The van der Waals surface area contributed by atoms with E-state index in [1.54, 1.807) is 0 Å². The van der Waals surface area contributed by atoms with E-state index in [0.29, 0.717) is 0 Å². The molecule has 2 heteroatoms. The van der Waals surface area contributed by atoms with Crippen LogP contribution >= 0.6 is 0 Å². The first kappa shape index (κ1) is 11.0. The first-order valence-electron chi connectivity index (χ1n) is 5.61. The fourth-order valence-corrected chi connectivity index (χ4v) is 1.76. The molecule has 2 nitrogen and oxygen atoms in total. The van der Waals surface area contributed by atoms with Crippen LogP contribution in [0.2, 0.25) is 0 Å². The maximum absolute atomic E-state index is 6.06. The second kappa shape index (κ2) is 4.99. The lowest BCUT2D eigenvalue weighted by Gasteiger charge is -2.08. The zero-order chi connectivity index (χ0) is 11.4. The minimum atomic E-state index is -0.00564. The van der Waals surface area contributed by atoms with Crippen molar-refractivity contribution >= 4 is 0 Å². The van der Waals surface area contributed by atoms with Gasteiger partial charge in [-0.15, -0.1) is 0 Å². The summed E-state index contributed by atoms with van der Waals surface area (Å²) in [5.41, 5.74) is 7.38. The van der Waals surface area contributed by atoms with Crippen LogP contribution < -0.4 is 5.73 Å². The van der Waals surface area contributed by atoms with Gasteiger partial charge in [-0.3, -0.25) is 0 Å². The molecular weight excluding hydrogens is 198 g/mol. The van der Waals surface area contributed by atoms with Crippen molar-refractivity contribution in [3.05, 3.63) is 59.5 Å². The summed E-state index contributed by atoms with van der Waals surface area (Å²) in [7, 11) is 0. The smallest absolute Gasteiger partial charge is 0.120 e. The highest BCUT2D eigenvalue weighted by Crippen LogP contribution is 2.18. The highest BCUT2D eigenvalue weighted by atomic mass is 16.3. The summed E-state index contributed by atoms with van der Waals surface area (Å²) in [4.78, 5) is 0. The maximum Gasteiger partial charge on any atom is 0.120 e. The first-order valence-corrected chi connectivity index (χ1v) is 5.61.